The third kappa shape index (κ3) is 3.51. The maximum absolute atomic E-state index is 12.4. The minimum Gasteiger partial charge on any atom is -0.368 e. The summed E-state index contributed by atoms with van der Waals surface area (Å²) in [5, 5.41) is -0.448. The lowest BCUT2D eigenvalue weighted by Crippen LogP contribution is -2.36. The second-order valence-corrected chi connectivity index (χ2v) is 7.72. The van der Waals surface area contributed by atoms with Crippen molar-refractivity contribution in [3.05, 3.63) is 27.9 Å². The van der Waals surface area contributed by atoms with Gasteiger partial charge in [-0.05, 0) is 56.2 Å². The highest BCUT2D eigenvalue weighted by Crippen LogP contribution is 2.35. The minimum absolute atomic E-state index is 0.343. The Kier molecular flexibility index (Phi) is 5.03. The van der Waals surface area contributed by atoms with Gasteiger partial charge >= 0.3 is 0 Å². The summed E-state index contributed by atoms with van der Waals surface area (Å²) < 4.78 is 2.36. The Balaban J connectivity index is 1.88. The molecule has 1 aromatic rings. The van der Waals surface area contributed by atoms with Gasteiger partial charge in [0.15, 0.2) is 0 Å². The van der Waals surface area contributed by atoms with Crippen LogP contribution in [0.3, 0.4) is 0 Å². The fourth-order valence-corrected chi connectivity index (χ4v) is 4.61. The van der Waals surface area contributed by atoms with Gasteiger partial charge in [-0.3, -0.25) is 19.3 Å². The Labute approximate surface area is 151 Å². The maximum atomic E-state index is 12.4. The van der Waals surface area contributed by atoms with Gasteiger partial charge in [-0.15, -0.1) is 0 Å². The molecule has 2 heterocycles. The predicted molar refractivity (Wildman–Crippen MR) is 97.9 cm³/mol. The Morgan fingerprint density at radius 2 is 1.96 bits per heavy atom. The first-order valence-electron chi connectivity index (χ1n) is 8.60. The number of aryl methyl sites for hydroxylation is 1. The van der Waals surface area contributed by atoms with Crippen LogP contribution >= 0.6 is 11.8 Å². The first-order valence-corrected chi connectivity index (χ1v) is 9.42. The smallest absolute Gasteiger partial charge is 0.294 e. The van der Waals surface area contributed by atoms with Crippen molar-refractivity contribution in [1.82, 2.24) is 9.47 Å². The first kappa shape index (κ1) is 17.8. The van der Waals surface area contributed by atoms with E-state index in [1.54, 1.807) is 6.08 Å². The molecule has 3 amide bonds. The topological polar surface area (TPSA) is 85.4 Å². The summed E-state index contributed by atoms with van der Waals surface area (Å²) in [6.45, 7) is 3.77. The zero-order valence-corrected chi connectivity index (χ0v) is 15.4. The van der Waals surface area contributed by atoms with Crippen LogP contribution in [-0.4, -0.2) is 33.1 Å². The second kappa shape index (κ2) is 7.07. The van der Waals surface area contributed by atoms with E-state index in [-0.39, 0.29) is 6.54 Å². The molecule has 1 saturated carbocycles. The van der Waals surface area contributed by atoms with Crippen molar-refractivity contribution >= 4 is 34.9 Å². The fraction of sp³-hybridized carbons (Fsp3) is 0.500. The second-order valence-electron chi connectivity index (χ2n) is 6.72. The van der Waals surface area contributed by atoms with Crippen LogP contribution in [0.15, 0.2) is 11.0 Å². The Morgan fingerprint density at radius 1 is 1.28 bits per heavy atom. The van der Waals surface area contributed by atoms with E-state index in [9.17, 15) is 14.4 Å². The molecular weight excluding hydrogens is 338 g/mol. The summed E-state index contributed by atoms with van der Waals surface area (Å²) in [6, 6.07) is 2.58. The molecule has 3 rings (SSSR count). The number of carbonyl (C=O) groups excluding carboxylic acids is 3. The number of nitrogens with two attached hydrogens (primary N) is 1. The number of nitrogens with zero attached hydrogens (tertiary/aromatic N) is 2. The molecule has 134 valence electrons. The van der Waals surface area contributed by atoms with Crippen LogP contribution < -0.4 is 5.73 Å². The Morgan fingerprint density at radius 3 is 2.60 bits per heavy atom. The third-order valence-electron chi connectivity index (χ3n) is 4.94. The van der Waals surface area contributed by atoms with Crippen molar-refractivity contribution in [2.24, 2.45) is 5.73 Å². The molecule has 0 unspecified atom stereocenters. The zero-order valence-electron chi connectivity index (χ0n) is 14.6. The molecule has 1 aromatic heterocycles. The lowest BCUT2D eigenvalue weighted by Gasteiger charge is -2.26. The molecule has 0 aromatic carbocycles. The van der Waals surface area contributed by atoms with Gasteiger partial charge in [0.1, 0.15) is 6.54 Å². The summed E-state index contributed by atoms with van der Waals surface area (Å²) in [6.07, 6.45) is 7.94. The van der Waals surface area contributed by atoms with Gasteiger partial charge in [-0.2, -0.15) is 0 Å². The van der Waals surface area contributed by atoms with Crippen molar-refractivity contribution in [1.29, 1.82) is 0 Å². The van der Waals surface area contributed by atoms with E-state index in [2.05, 4.69) is 24.5 Å². The van der Waals surface area contributed by atoms with Crippen molar-refractivity contribution in [2.45, 2.75) is 52.0 Å². The van der Waals surface area contributed by atoms with E-state index in [1.165, 1.54) is 37.8 Å². The molecular formula is C18H23N3O3S. The van der Waals surface area contributed by atoms with Gasteiger partial charge < -0.3 is 10.3 Å². The fourth-order valence-electron chi connectivity index (χ4n) is 3.78. The van der Waals surface area contributed by atoms with Crippen LogP contribution in [0, 0.1) is 13.8 Å². The molecule has 1 aliphatic heterocycles. The standard InChI is InChI=1S/C18H23N3O3S/c1-11-8-13(12(2)21(11)14-6-4-3-5-7-14)9-15-17(23)20(10-16(19)22)18(24)25-15/h8-9,14H,3-7,10H2,1-2H3,(H2,19,22)/b15-9-. The molecule has 2 N–H and O–H groups in total. The highest BCUT2D eigenvalue weighted by molar-refractivity contribution is 8.18. The van der Waals surface area contributed by atoms with Crippen molar-refractivity contribution in [2.75, 3.05) is 6.54 Å². The van der Waals surface area contributed by atoms with E-state index in [4.69, 9.17) is 5.73 Å². The van der Waals surface area contributed by atoms with Crippen molar-refractivity contribution in [3.8, 4) is 0 Å². The molecule has 0 bridgehead atoms. The molecule has 0 spiro atoms. The normalized spacial score (nSPS) is 20.7. The van der Waals surface area contributed by atoms with Crippen LogP contribution in [0.2, 0.25) is 0 Å². The number of primary amides is 1. The molecule has 1 aliphatic carbocycles. The van der Waals surface area contributed by atoms with Crippen molar-refractivity contribution in [3.63, 3.8) is 0 Å². The molecule has 7 heteroatoms. The van der Waals surface area contributed by atoms with E-state index >= 15 is 0 Å². The van der Waals surface area contributed by atoms with Gasteiger partial charge in [0.25, 0.3) is 11.1 Å². The first-order chi connectivity index (χ1) is 11.9. The number of rotatable bonds is 4. The lowest BCUT2D eigenvalue weighted by atomic mass is 9.95. The molecule has 0 radical (unpaired) electrons. The largest absolute Gasteiger partial charge is 0.368 e. The summed E-state index contributed by atoms with van der Waals surface area (Å²) in [5.74, 6) is -1.14. The summed E-state index contributed by atoms with van der Waals surface area (Å²) in [7, 11) is 0. The molecule has 2 fully saturated rings. The number of hydrogen-bond acceptors (Lipinski definition) is 4. The molecule has 25 heavy (non-hydrogen) atoms. The van der Waals surface area contributed by atoms with Gasteiger partial charge in [-0.1, -0.05) is 19.3 Å². The number of aromatic nitrogens is 1. The van der Waals surface area contributed by atoms with Crippen LogP contribution in [0.1, 0.15) is 55.1 Å². The predicted octanol–water partition coefficient (Wildman–Crippen LogP) is 3.13. The average molecular weight is 361 g/mol. The van der Waals surface area contributed by atoms with E-state index in [0.717, 1.165) is 27.9 Å². The number of thioether (sulfide) groups is 1. The quantitative estimate of drug-likeness (QED) is 0.835. The van der Waals surface area contributed by atoms with Gasteiger partial charge in [0.2, 0.25) is 5.91 Å². The summed E-state index contributed by atoms with van der Waals surface area (Å²) in [4.78, 5) is 36.6. The SMILES string of the molecule is Cc1cc(/C=C2\SC(=O)N(CC(N)=O)C2=O)c(C)n1C1CCCCC1. The van der Waals surface area contributed by atoms with Gasteiger partial charge in [-0.25, -0.2) is 0 Å². The highest BCUT2D eigenvalue weighted by Gasteiger charge is 2.36. The van der Waals surface area contributed by atoms with Gasteiger partial charge in [0.05, 0.1) is 4.91 Å². The molecule has 0 atom stereocenters. The molecule has 1 saturated heterocycles. The Bertz CT molecular complexity index is 760. The van der Waals surface area contributed by atoms with Crippen LogP contribution in [0.25, 0.3) is 6.08 Å². The number of carbonyl (C=O) groups is 3. The Hall–Kier alpha value is -2.02. The van der Waals surface area contributed by atoms with Gasteiger partial charge in [0, 0.05) is 17.4 Å². The summed E-state index contributed by atoms with van der Waals surface area (Å²) in [5.41, 5.74) is 8.35. The summed E-state index contributed by atoms with van der Waals surface area (Å²) >= 11 is 0.860. The number of amides is 3. The molecule has 6 nitrogen and oxygen atoms in total. The number of hydrogen-bond donors (Lipinski definition) is 1. The highest BCUT2D eigenvalue weighted by atomic mass is 32.2. The monoisotopic (exact) mass is 361 g/mol. The van der Waals surface area contributed by atoms with Crippen LogP contribution in [-0.2, 0) is 9.59 Å². The maximum Gasteiger partial charge on any atom is 0.294 e. The van der Waals surface area contributed by atoms with E-state index < -0.39 is 17.1 Å². The zero-order chi connectivity index (χ0) is 18.1. The van der Waals surface area contributed by atoms with E-state index in [1.807, 2.05) is 0 Å². The van der Waals surface area contributed by atoms with Crippen LogP contribution in [0.4, 0.5) is 4.79 Å². The minimum atomic E-state index is -0.695. The number of imide groups is 1. The van der Waals surface area contributed by atoms with Crippen molar-refractivity contribution < 1.29 is 14.4 Å². The third-order valence-corrected chi connectivity index (χ3v) is 5.84. The average Bonchev–Trinajstić information content (AvgIpc) is 2.99. The van der Waals surface area contributed by atoms with Crippen LogP contribution in [0.5, 0.6) is 0 Å². The van der Waals surface area contributed by atoms with E-state index in [0.29, 0.717) is 10.9 Å². The molecule has 2 aliphatic rings. The lowest BCUT2D eigenvalue weighted by molar-refractivity contribution is -0.127.